The van der Waals surface area contributed by atoms with Gasteiger partial charge in [-0.1, -0.05) is 0 Å². The Morgan fingerprint density at radius 2 is 2.12 bits per heavy atom. The van der Waals surface area contributed by atoms with Crippen LogP contribution in [-0.4, -0.2) is 21.1 Å². The Balaban J connectivity index is 2.82. The number of furan rings is 1. The Morgan fingerprint density at radius 1 is 1.44 bits per heavy atom. The quantitative estimate of drug-likeness (QED) is 0.592. The third-order valence-electron chi connectivity index (χ3n) is 2.05. The topological polar surface area (TPSA) is 114 Å². The highest BCUT2D eigenvalue weighted by molar-refractivity contribution is 5.97. The zero-order chi connectivity index (χ0) is 11.9. The van der Waals surface area contributed by atoms with Crippen molar-refractivity contribution in [2.45, 2.75) is 0 Å². The van der Waals surface area contributed by atoms with Crippen LogP contribution in [0.5, 0.6) is 5.75 Å². The van der Waals surface area contributed by atoms with E-state index in [4.69, 9.17) is 9.52 Å². The molecule has 16 heavy (non-hydrogen) atoms. The van der Waals surface area contributed by atoms with Gasteiger partial charge in [0.25, 0.3) is 0 Å². The minimum absolute atomic E-state index is 0.00611. The van der Waals surface area contributed by atoms with E-state index in [9.17, 15) is 20.0 Å². The number of aromatic hydroxyl groups is 1. The molecule has 2 aromatic rings. The molecule has 82 valence electrons. The van der Waals surface area contributed by atoms with Gasteiger partial charge in [-0.15, -0.1) is 0 Å². The molecule has 0 atom stereocenters. The average molecular weight is 223 g/mol. The van der Waals surface area contributed by atoms with Gasteiger partial charge in [-0.25, -0.2) is 4.79 Å². The maximum absolute atomic E-state index is 10.6. The number of carboxylic acids is 1. The number of non-ortho nitro benzene ring substituents is 1. The first-order valence-electron chi connectivity index (χ1n) is 4.14. The van der Waals surface area contributed by atoms with Crippen LogP contribution in [0.25, 0.3) is 11.0 Å². The fraction of sp³-hybridized carbons (Fsp3) is 0. The summed E-state index contributed by atoms with van der Waals surface area (Å²) in [7, 11) is 0. The van der Waals surface area contributed by atoms with Crippen LogP contribution in [0.3, 0.4) is 0 Å². The van der Waals surface area contributed by atoms with E-state index in [0.29, 0.717) is 0 Å². The highest BCUT2D eigenvalue weighted by Crippen LogP contribution is 2.34. The minimum Gasteiger partial charge on any atom is -0.507 e. The molecule has 0 aliphatic heterocycles. The molecule has 0 saturated carbocycles. The molecular weight excluding hydrogens is 218 g/mol. The Bertz CT molecular complexity index is 599. The molecular formula is C9H5NO6. The zero-order valence-electron chi connectivity index (χ0n) is 7.71. The summed E-state index contributed by atoms with van der Waals surface area (Å²) in [4.78, 5) is 20.5. The molecule has 7 heteroatoms. The Hall–Kier alpha value is -2.57. The van der Waals surface area contributed by atoms with Crippen molar-refractivity contribution in [3.63, 3.8) is 0 Å². The standard InChI is InChI=1S/C9H5NO6/c11-6-2-1-5(10(14)15)8-4(6)3-7(16-8)9(12)13/h1-3,11H,(H,12,13). The Kier molecular flexibility index (Phi) is 2.01. The number of phenols is 1. The van der Waals surface area contributed by atoms with Crippen molar-refractivity contribution in [1.82, 2.24) is 0 Å². The number of aromatic carboxylic acids is 1. The second-order valence-electron chi connectivity index (χ2n) is 3.02. The average Bonchev–Trinajstić information content (AvgIpc) is 2.62. The molecule has 1 aromatic carbocycles. The van der Waals surface area contributed by atoms with E-state index in [1.165, 1.54) is 0 Å². The van der Waals surface area contributed by atoms with Gasteiger partial charge in [0.1, 0.15) is 5.75 Å². The van der Waals surface area contributed by atoms with Crippen LogP contribution < -0.4 is 0 Å². The first-order chi connectivity index (χ1) is 7.50. The summed E-state index contributed by atoms with van der Waals surface area (Å²) in [5.74, 6) is -2.08. The molecule has 0 bridgehead atoms. The molecule has 1 aromatic heterocycles. The summed E-state index contributed by atoms with van der Waals surface area (Å²) in [6.07, 6.45) is 0. The van der Waals surface area contributed by atoms with Crippen LogP contribution in [0.4, 0.5) is 5.69 Å². The number of phenolic OH excluding ortho intramolecular Hbond substituents is 1. The molecule has 0 unspecified atom stereocenters. The van der Waals surface area contributed by atoms with Crippen molar-refractivity contribution < 1.29 is 24.3 Å². The van der Waals surface area contributed by atoms with Gasteiger partial charge in [-0.05, 0) is 6.07 Å². The molecule has 1 heterocycles. The van der Waals surface area contributed by atoms with Crippen molar-refractivity contribution in [3.05, 3.63) is 34.1 Å². The van der Waals surface area contributed by atoms with E-state index in [1.807, 2.05) is 0 Å². The minimum atomic E-state index is -1.36. The van der Waals surface area contributed by atoms with E-state index >= 15 is 0 Å². The largest absolute Gasteiger partial charge is 0.507 e. The number of nitro benzene ring substituents is 1. The summed E-state index contributed by atoms with van der Waals surface area (Å²) < 4.78 is 4.80. The lowest BCUT2D eigenvalue weighted by Gasteiger charge is -1.94. The fourth-order valence-corrected chi connectivity index (χ4v) is 1.34. The number of nitro groups is 1. The molecule has 0 radical (unpaired) electrons. The molecule has 0 aliphatic rings. The van der Waals surface area contributed by atoms with Crippen LogP contribution in [-0.2, 0) is 0 Å². The van der Waals surface area contributed by atoms with Crippen molar-refractivity contribution in [2.75, 3.05) is 0 Å². The van der Waals surface area contributed by atoms with Gasteiger partial charge in [0.05, 0.1) is 10.3 Å². The highest BCUT2D eigenvalue weighted by atomic mass is 16.6. The summed E-state index contributed by atoms with van der Waals surface area (Å²) in [5.41, 5.74) is -0.636. The molecule has 0 spiro atoms. The summed E-state index contributed by atoms with van der Waals surface area (Å²) in [6, 6.07) is 3.20. The monoisotopic (exact) mass is 223 g/mol. The van der Waals surface area contributed by atoms with Crippen LogP contribution in [0.15, 0.2) is 22.6 Å². The summed E-state index contributed by atoms with van der Waals surface area (Å²) >= 11 is 0. The van der Waals surface area contributed by atoms with Crippen molar-refractivity contribution in [2.24, 2.45) is 0 Å². The zero-order valence-corrected chi connectivity index (χ0v) is 7.71. The van der Waals surface area contributed by atoms with Gasteiger partial charge < -0.3 is 14.6 Å². The second kappa shape index (κ2) is 3.23. The number of fused-ring (bicyclic) bond motifs is 1. The van der Waals surface area contributed by atoms with Gasteiger partial charge in [-0.3, -0.25) is 10.1 Å². The predicted octanol–water partition coefficient (Wildman–Crippen LogP) is 1.74. The summed E-state index contributed by atoms with van der Waals surface area (Å²) in [5, 5.41) is 28.7. The first-order valence-corrected chi connectivity index (χ1v) is 4.14. The second-order valence-corrected chi connectivity index (χ2v) is 3.02. The van der Waals surface area contributed by atoms with Crippen LogP contribution in [0, 0.1) is 10.1 Å². The molecule has 0 aliphatic carbocycles. The number of carbonyl (C=O) groups is 1. The lowest BCUT2D eigenvalue weighted by Crippen LogP contribution is -1.91. The molecule has 0 fully saturated rings. The van der Waals surface area contributed by atoms with Crippen molar-refractivity contribution >= 4 is 22.6 Å². The predicted molar refractivity (Wildman–Crippen MR) is 51.5 cm³/mol. The Labute approximate surface area is 87.7 Å². The maximum atomic E-state index is 10.6. The lowest BCUT2D eigenvalue weighted by molar-refractivity contribution is -0.383. The van der Waals surface area contributed by atoms with E-state index in [0.717, 1.165) is 18.2 Å². The van der Waals surface area contributed by atoms with Crippen molar-refractivity contribution in [3.8, 4) is 5.75 Å². The smallest absolute Gasteiger partial charge is 0.371 e. The van der Waals surface area contributed by atoms with E-state index in [-0.39, 0.29) is 22.4 Å². The number of carboxylic acid groups (broad SMARTS) is 1. The number of rotatable bonds is 2. The van der Waals surface area contributed by atoms with E-state index < -0.39 is 16.7 Å². The summed E-state index contributed by atoms with van der Waals surface area (Å²) in [6.45, 7) is 0. The van der Waals surface area contributed by atoms with Gasteiger partial charge in [0, 0.05) is 12.1 Å². The molecule has 0 saturated heterocycles. The first kappa shape index (κ1) is 9.97. The van der Waals surface area contributed by atoms with E-state index in [2.05, 4.69) is 0 Å². The molecule has 7 nitrogen and oxygen atoms in total. The molecule has 2 N–H and O–H groups in total. The number of hydrogen-bond donors (Lipinski definition) is 2. The SMILES string of the molecule is O=C(O)c1cc2c(O)ccc([N+](=O)[O-])c2o1. The lowest BCUT2D eigenvalue weighted by atomic mass is 10.2. The third-order valence-corrected chi connectivity index (χ3v) is 2.05. The Morgan fingerprint density at radius 3 is 2.69 bits per heavy atom. The van der Waals surface area contributed by atoms with Gasteiger partial charge in [0.15, 0.2) is 0 Å². The van der Waals surface area contributed by atoms with Gasteiger partial charge in [-0.2, -0.15) is 0 Å². The van der Waals surface area contributed by atoms with Crippen molar-refractivity contribution in [1.29, 1.82) is 0 Å². The number of nitrogens with zero attached hydrogens (tertiary/aromatic N) is 1. The maximum Gasteiger partial charge on any atom is 0.371 e. The van der Waals surface area contributed by atoms with E-state index in [1.54, 1.807) is 0 Å². The number of benzene rings is 1. The van der Waals surface area contributed by atoms with Crippen LogP contribution >= 0.6 is 0 Å². The van der Waals surface area contributed by atoms with Gasteiger partial charge >= 0.3 is 11.7 Å². The normalized spacial score (nSPS) is 10.5. The number of hydrogen-bond acceptors (Lipinski definition) is 5. The van der Waals surface area contributed by atoms with Crippen LogP contribution in [0.2, 0.25) is 0 Å². The molecule has 0 amide bonds. The van der Waals surface area contributed by atoms with Crippen LogP contribution in [0.1, 0.15) is 10.6 Å². The third kappa shape index (κ3) is 1.34. The molecule has 2 rings (SSSR count). The highest BCUT2D eigenvalue weighted by Gasteiger charge is 2.21. The van der Waals surface area contributed by atoms with Gasteiger partial charge in [0.2, 0.25) is 11.3 Å². The fourth-order valence-electron chi connectivity index (χ4n) is 1.34.